The van der Waals surface area contributed by atoms with Gasteiger partial charge in [-0.05, 0) is 103 Å². The molecule has 0 bridgehead atoms. The monoisotopic (exact) mass is 668 g/mol. The van der Waals surface area contributed by atoms with E-state index in [0.717, 1.165) is 0 Å². The van der Waals surface area contributed by atoms with Crippen molar-refractivity contribution in [3.63, 3.8) is 0 Å². The lowest BCUT2D eigenvalue weighted by molar-refractivity contribution is 1.52. The molecule has 232 valence electrons. The van der Waals surface area contributed by atoms with Gasteiger partial charge in [0.25, 0.3) is 0 Å². The molecule has 0 N–H and O–H groups in total. The van der Waals surface area contributed by atoms with Crippen LogP contribution < -0.4 is 0 Å². The average Bonchev–Trinajstić information content (AvgIpc) is 3.75. The van der Waals surface area contributed by atoms with E-state index in [2.05, 4.69) is 170 Å². The van der Waals surface area contributed by atoms with Gasteiger partial charge in [0.1, 0.15) is 0 Å². The van der Waals surface area contributed by atoms with E-state index in [1.54, 1.807) is 0 Å². The van der Waals surface area contributed by atoms with E-state index in [0.29, 0.717) is 0 Å². The summed E-state index contributed by atoms with van der Waals surface area (Å²) in [5.74, 6) is 0. The van der Waals surface area contributed by atoms with Gasteiger partial charge in [-0.3, -0.25) is 0 Å². The Bertz CT molecular complexity index is 2990. The maximum Gasteiger partial charge on any atom is 0.0433 e. The highest BCUT2D eigenvalue weighted by atomic mass is 32.1. The lowest BCUT2D eigenvalue weighted by Gasteiger charge is -2.24. The van der Waals surface area contributed by atoms with E-state index in [9.17, 15) is 0 Å². The smallest absolute Gasteiger partial charge is 0.0433 e. The van der Waals surface area contributed by atoms with E-state index in [1.165, 1.54) is 107 Å². The van der Waals surface area contributed by atoms with E-state index in [-0.39, 0.29) is 0 Å². The molecule has 50 heavy (non-hydrogen) atoms. The predicted octanol–water partition coefficient (Wildman–Crippen LogP) is 14.7. The van der Waals surface area contributed by atoms with Crippen LogP contribution in [0, 0.1) is 0 Å². The Morgan fingerprint density at radius 3 is 1.40 bits per heavy atom. The largest absolute Gasteiger partial charge is 0.135 e. The van der Waals surface area contributed by atoms with E-state index >= 15 is 0 Å². The van der Waals surface area contributed by atoms with Gasteiger partial charge in [-0.25, -0.2) is 0 Å². The number of rotatable bonds is 2. The molecule has 0 radical (unpaired) electrons. The quantitative estimate of drug-likeness (QED) is 0.172. The third-order valence-electron chi connectivity index (χ3n) is 10.5. The molecule has 2 heteroatoms. The molecule has 0 atom stereocenters. The predicted molar refractivity (Wildman–Crippen MR) is 218 cm³/mol. The summed E-state index contributed by atoms with van der Waals surface area (Å²) in [5, 5.41) is 5.32. The zero-order chi connectivity index (χ0) is 32.8. The lowest BCUT2D eigenvalue weighted by Crippen LogP contribution is -1.98. The summed E-state index contributed by atoms with van der Waals surface area (Å²) >= 11 is 3.77. The van der Waals surface area contributed by atoms with Gasteiger partial charge >= 0.3 is 0 Å². The molecule has 0 saturated heterocycles. The first-order valence-corrected chi connectivity index (χ1v) is 18.7. The van der Waals surface area contributed by atoms with Crippen LogP contribution in [0.3, 0.4) is 0 Å². The van der Waals surface area contributed by atoms with Crippen LogP contribution >= 0.6 is 22.7 Å². The van der Waals surface area contributed by atoms with Crippen LogP contribution in [0.4, 0.5) is 0 Å². The molecule has 0 saturated carbocycles. The molecule has 0 aliphatic heterocycles. The molecule has 2 heterocycles. The van der Waals surface area contributed by atoms with Crippen LogP contribution in [-0.2, 0) is 0 Å². The van der Waals surface area contributed by atoms with Crippen molar-refractivity contribution in [3.05, 3.63) is 170 Å². The third kappa shape index (κ3) is 4.16. The van der Waals surface area contributed by atoms with Gasteiger partial charge in [0.05, 0.1) is 0 Å². The summed E-state index contributed by atoms with van der Waals surface area (Å²) in [6.45, 7) is 0. The van der Waals surface area contributed by atoms with Gasteiger partial charge < -0.3 is 0 Å². The molecule has 0 unspecified atom stereocenters. The fourth-order valence-corrected chi connectivity index (χ4v) is 10.5. The molecule has 0 spiro atoms. The topological polar surface area (TPSA) is 0 Å². The lowest BCUT2D eigenvalue weighted by atomic mass is 9.79. The second kappa shape index (κ2) is 10.9. The van der Waals surface area contributed by atoms with Crippen molar-refractivity contribution < 1.29 is 0 Å². The Hall–Kier alpha value is -5.80. The SMILES string of the molecule is c1ccc2c(c1)-c1ccccc1-c1cc(-c3ccc4sc5ccccc5c4c3)ccc1-c1cc(-c3cccc4c3sc3ccccc34)ccc1-2. The summed E-state index contributed by atoms with van der Waals surface area (Å²) in [4.78, 5) is 0. The van der Waals surface area contributed by atoms with Crippen molar-refractivity contribution in [3.8, 4) is 66.8 Å². The highest BCUT2D eigenvalue weighted by molar-refractivity contribution is 7.26. The number of hydrogen-bond donors (Lipinski definition) is 0. The zero-order valence-corrected chi connectivity index (χ0v) is 28.6. The molecule has 1 aliphatic rings. The highest BCUT2D eigenvalue weighted by Gasteiger charge is 2.23. The summed E-state index contributed by atoms with van der Waals surface area (Å²) in [7, 11) is 0. The summed E-state index contributed by atoms with van der Waals surface area (Å²) < 4.78 is 5.35. The van der Waals surface area contributed by atoms with E-state index in [1.807, 2.05) is 22.7 Å². The van der Waals surface area contributed by atoms with E-state index < -0.39 is 0 Å². The molecule has 0 amide bonds. The first kappa shape index (κ1) is 28.1. The van der Waals surface area contributed by atoms with Gasteiger partial charge in [-0.15, -0.1) is 22.7 Å². The second-order valence-electron chi connectivity index (χ2n) is 13.2. The number of hydrogen-bond acceptors (Lipinski definition) is 2. The van der Waals surface area contributed by atoms with Gasteiger partial charge in [0, 0.05) is 40.3 Å². The Balaban J connectivity index is 1.17. The summed E-state index contributed by atoms with van der Waals surface area (Å²) in [6.07, 6.45) is 0. The third-order valence-corrected chi connectivity index (χ3v) is 12.9. The molecule has 8 aromatic carbocycles. The van der Waals surface area contributed by atoms with Crippen LogP contribution in [0.2, 0.25) is 0 Å². The van der Waals surface area contributed by atoms with Crippen LogP contribution in [0.5, 0.6) is 0 Å². The van der Waals surface area contributed by atoms with Crippen LogP contribution in [0.15, 0.2) is 170 Å². The second-order valence-corrected chi connectivity index (χ2v) is 15.3. The minimum absolute atomic E-state index is 1.23. The van der Waals surface area contributed by atoms with Gasteiger partial charge in [0.2, 0.25) is 0 Å². The standard InChI is InChI=1S/C48H28S2/c1-2-12-35-33(10-1)34-11-3-4-13-36(34)42-26-29(30-22-25-47-44(27-30)40-15-6-7-18-45(40)49-47)20-23-38(42)43-28-31(21-24-37(35)43)32-16-9-17-41-39-14-5-8-19-46(39)50-48(32)41/h1-28H. The Morgan fingerprint density at radius 2 is 0.680 bits per heavy atom. The van der Waals surface area contributed by atoms with Crippen molar-refractivity contribution >= 4 is 63.0 Å². The van der Waals surface area contributed by atoms with E-state index in [4.69, 9.17) is 0 Å². The van der Waals surface area contributed by atoms with Gasteiger partial charge in [-0.2, -0.15) is 0 Å². The molecule has 1 aliphatic carbocycles. The maximum absolute atomic E-state index is 2.45. The van der Waals surface area contributed by atoms with Gasteiger partial charge in [-0.1, -0.05) is 133 Å². The number of fused-ring (bicyclic) bond motifs is 14. The molecule has 10 aromatic rings. The molecule has 2 aromatic heterocycles. The van der Waals surface area contributed by atoms with Crippen LogP contribution in [-0.4, -0.2) is 0 Å². The Kier molecular flexibility index (Phi) is 6.09. The molecule has 0 fully saturated rings. The van der Waals surface area contributed by atoms with Crippen LogP contribution in [0.1, 0.15) is 0 Å². The number of thiophene rings is 2. The Morgan fingerprint density at radius 1 is 0.240 bits per heavy atom. The maximum atomic E-state index is 2.45. The van der Waals surface area contributed by atoms with Crippen LogP contribution in [0.25, 0.3) is 107 Å². The minimum atomic E-state index is 1.23. The normalized spacial score (nSPS) is 12.0. The fourth-order valence-electron chi connectivity index (χ4n) is 8.14. The first-order chi connectivity index (χ1) is 24.8. The molecular weight excluding hydrogens is 641 g/mol. The first-order valence-electron chi connectivity index (χ1n) is 17.1. The van der Waals surface area contributed by atoms with Crippen molar-refractivity contribution in [2.75, 3.05) is 0 Å². The number of benzene rings is 8. The van der Waals surface area contributed by atoms with Crippen molar-refractivity contribution in [2.24, 2.45) is 0 Å². The minimum Gasteiger partial charge on any atom is -0.135 e. The highest BCUT2D eigenvalue weighted by Crippen LogP contribution is 2.50. The summed E-state index contributed by atoms with van der Waals surface area (Å²) in [6, 6.07) is 63.4. The zero-order valence-electron chi connectivity index (χ0n) is 27.0. The van der Waals surface area contributed by atoms with Crippen molar-refractivity contribution in [1.29, 1.82) is 0 Å². The Labute approximate surface area is 298 Å². The fraction of sp³-hybridized carbons (Fsp3) is 0. The average molecular weight is 669 g/mol. The van der Waals surface area contributed by atoms with Crippen molar-refractivity contribution in [2.45, 2.75) is 0 Å². The molecular formula is C48H28S2. The van der Waals surface area contributed by atoms with Crippen molar-refractivity contribution in [1.82, 2.24) is 0 Å². The molecule has 0 nitrogen and oxygen atoms in total. The molecule has 11 rings (SSSR count). The summed E-state index contributed by atoms with van der Waals surface area (Å²) in [5.41, 5.74) is 15.1. The van der Waals surface area contributed by atoms with Gasteiger partial charge in [0.15, 0.2) is 0 Å².